The first-order chi connectivity index (χ1) is 10.2. The highest BCUT2D eigenvalue weighted by Crippen LogP contribution is 2.25. The fraction of sp³-hybridized carbons (Fsp3) is 0.111. The maximum absolute atomic E-state index is 12.7. The van der Waals surface area contributed by atoms with Gasteiger partial charge in [-0.1, -0.05) is 55.1 Å². The van der Waals surface area contributed by atoms with Gasteiger partial charge in [-0.15, -0.1) is 0 Å². The molecule has 0 bridgehead atoms. The van der Waals surface area contributed by atoms with E-state index in [1.165, 1.54) is 0 Å². The predicted octanol–water partition coefficient (Wildman–Crippen LogP) is 3.43. The number of nitrogens with zero attached hydrogens (tertiary/aromatic N) is 1. The number of amides is 1. The van der Waals surface area contributed by atoms with Crippen molar-refractivity contribution < 1.29 is 9.59 Å². The zero-order valence-corrected chi connectivity index (χ0v) is 11.6. The zero-order chi connectivity index (χ0) is 14.8. The summed E-state index contributed by atoms with van der Waals surface area (Å²) in [6, 6.07) is 16.7. The molecule has 1 heterocycles. The summed E-state index contributed by atoms with van der Waals surface area (Å²) in [4.78, 5) is 26.5. The zero-order valence-electron chi connectivity index (χ0n) is 11.6. The molecule has 0 aliphatic carbocycles. The standard InChI is InChI=1S/C18H15NO2/c1-13-11-17(20)15-9-5-6-10-16(15)18(21)19(13)12-14-7-3-2-4-8-14/h2-10H,1,11-12H2. The van der Waals surface area contributed by atoms with Crippen LogP contribution in [0.1, 0.15) is 32.7 Å². The van der Waals surface area contributed by atoms with Crippen LogP contribution in [0.3, 0.4) is 0 Å². The summed E-state index contributed by atoms with van der Waals surface area (Å²) in [6.45, 7) is 4.35. The average molecular weight is 277 g/mol. The van der Waals surface area contributed by atoms with Gasteiger partial charge in [0.2, 0.25) is 0 Å². The number of carbonyl (C=O) groups excluding carboxylic acids is 2. The van der Waals surface area contributed by atoms with Crippen molar-refractivity contribution in [3.63, 3.8) is 0 Å². The molecule has 21 heavy (non-hydrogen) atoms. The van der Waals surface area contributed by atoms with Gasteiger partial charge in [-0.3, -0.25) is 9.59 Å². The van der Waals surface area contributed by atoms with Crippen molar-refractivity contribution in [3.8, 4) is 0 Å². The van der Waals surface area contributed by atoms with Crippen LogP contribution in [-0.2, 0) is 6.54 Å². The highest BCUT2D eigenvalue weighted by Gasteiger charge is 2.28. The molecule has 0 fully saturated rings. The van der Waals surface area contributed by atoms with Gasteiger partial charge in [0.15, 0.2) is 5.78 Å². The third-order valence-electron chi connectivity index (χ3n) is 3.63. The largest absolute Gasteiger partial charge is 0.308 e. The Morgan fingerprint density at radius 2 is 1.52 bits per heavy atom. The Morgan fingerprint density at radius 3 is 2.24 bits per heavy atom. The van der Waals surface area contributed by atoms with Gasteiger partial charge in [0.05, 0.1) is 18.5 Å². The third-order valence-corrected chi connectivity index (χ3v) is 3.63. The van der Waals surface area contributed by atoms with Crippen LogP contribution < -0.4 is 0 Å². The van der Waals surface area contributed by atoms with Gasteiger partial charge in [-0.2, -0.15) is 0 Å². The summed E-state index contributed by atoms with van der Waals surface area (Å²) in [5.41, 5.74) is 2.50. The summed E-state index contributed by atoms with van der Waals surface area (Å²) < 4.78 is 0. The number of carbonyl (C=O) groups is 2. The summed E-state index contributed by atoms with van der Waals surface area (Å²) >= 11 is 0. The molecule has 0 atom stereocenters. The molecule has 2 aromatic rings. The van der Waals surface area contributed by atoms with Gasteiger partial charge >= 0.3 is 0 Å². The molecule has 0 saturated carbocycles. The molecule has 0 unspecified atom stereocenters. The van der Waals surface area contributed by atoms with Crippen LogP contribution in [0, 0.1) is 0 Å². The second kappa shape index (κ2) is 5.37. The Balaban J connectivity index is 2.00. The molecule has 1 amide bonds. The minimum atomic E-state index is -0.162. The van der Waals surface area contributed by atoms with Crippen molar-refractivity contribution in [2.75, 3.05) is 0 Å². The van der Waals surface area contributed by atoms with Crippen molar-refractivity contribution in [1.29, 1.82) is 0 Å². The first-order valence-electron chi connectivity index (χ1n) is 6.82. The molecular formula is C18H15NO2. The van der Waals surface area contributed by atoms with Crippen LogP contribution in [0.25, 0.3) is 0 Å². The molecule has 1 aliphatic rings. The first-order valence-corrected chi connectivity index (χ1v) is 6.82. The second-order valence-electron chi connectivity index (χ2n) is 5.09. The van der Waals surface area contributed by atoms with E-state index >= 15 is 0 Å². The summed E-state index contributed by atoms with van der Waals surface area (Å²) in [7, 11) is 0. The molecule has 0 N–H and O–H groups in total. The van der Waals surface area contributed by atoms with Crippen molar-refractivity contribution >= 4 is 11.7 Å². The molecule has 0 aromatic heterocycles. The molecule has 104 valence electrons. The van der Waals surface area contributed by atoms with Crippen LogP contribution in [0.15, 0.2) is 66.9 Å². The van der Waals surface area contributed by atoms with Crippen molar-refractivity contribution in [3.05, 3.63) is 83.6 Å². The monoisotopic (exact) mass is 277 g/mol. The smallest absolute Gasteiger partial charge is 0.259 e. The van der Waals surface area contributed by atoms with Crippen molar-refractivity contribution in [1.82, 2.24) is 4.90 Å². The van der Waals surface area contributed by atoms with Gasteiger partial charge in [-0.05, 0) is 11.6 Å². The van der Waals surface area contributed by atoms with Crippen molar-refractivity contribution in [2.45, 2.75) is 13.0 Å². The summed E-state index contributed by atoms with van der Waals surface area (Å²) in [5.74, 6) is -0.218. The normalized spacial score (nSPS) is 14.9. The maximum atomic E-state index is 12.7. The second-order valence-corrected chi connectivity index (χ2v) is 5.09. The number of benzene rings is 2. The molecular weight excluding hydrogens is 262 g/mol. The van der Waals surface area contributed by atoms with Gasteiger partial charge < -0.3 is 4.90 Å². The molecule has 0 spiro atoms. The molecule has 3 rings (SSSR count). The molecule has 1 aliphatic heterocycles. The predicted molar refractivity (Wildman–Crippen MR) is 80.8 cm³/mol. The number of fused-ring (bicyclic) bond motifs is 1. The van der Waals surface area contributed by atoms with Crippen LogP contribution >= 0.6 is 0 Å². The molecule has 2 aromatic carbocycles. The van der Waals surface area contributed by atoms with E-state index in [2.05, 4.69) is 6.58 Å². The van der Waals surface area contributed by atoms with Crippen molar-refractivity contribution in [2.24, 2.45) is 0 Å². The molecule has 3 heteroatoms. The van der Waals surface area contributed by atoms with Gasteiger partial charge in [0.1, 0.15) is 0 Å². The average Bonchev–Trinajstić information content (AvgIpc) is 2.60. The van der Waals surface area contributed by atoms with E-state index in [0.717, 1.165) is 5.56 Å². The van der Waals surface area contributed by atoms with Crippen LogP contribution in [-0.4, -0.2) is 16.6 Å². The Kier molecular flexibility index (Phi) is 3.40. The molecule has 0 saturated heterocycles. The van der Waals surface area contributed by atoms with E-state index in [0.29, 0.717) is 23.4 Å². The van der Waals surface area contributed by atoms with E-state index in [9.17, 15) is 9.59 Å². The quantitative estimate of drug-likeness (QED) is 0.843. The number of allylic oxidation sites excluding steroid dienone is 1. The van der Waals surface area contributed by atoms with Gasteiger partial charge in [-0.25, -0.2) is 0 Å². The fourth-order valence-corrected chi connectivity index (χ4v) is 2.53. The van der Waals surface area contributed by atoms with E-state index in [1.807, 2.05) is 30.3 Å². The number of ketones is 1. The lowest BCUT2D eigenvalue weighted by atomic mass is 10.0. The Bertz CT molecular complexity index is 719. The fourth-order valence-electron chi connectivity index (χ4n) is 2.53. The van der Waals surface area contributed by atoms with Crippen LogP contribution in [0.2, 0.25) is 0 Å². The maximum Gasteiger partial charge on any atom is 0.259 e. The third kappa shape index (κ3) is 2.50. The number of rotatable bonds is 2. The van der Waals surface area contributed by atoms with E-state index < -0.39 is 0 Å². The molecule has 0 radical (unpaired) electrons. The van der Waals surface area contributed by atoms with E-state index in [-0.39, 0.29) is 18.1 Å². The lowest BCUT2D eigenvalue weighted by Crippen LogP contribution is -2.28. The van der Waals surface area contributed by atoms with Gasteiger partial charge in [0.25, 0.3) is 5.91 Å². The Hall–Kier alpha value is -2.68. The number of Topliss-reactive ketones (excluding diaryl/α,β-unsaturated/α-hetero) is 1. The highest BCUT2D eigenvalue weighted by molar-refractivity contribution is 6.11. The Morgan fingerprint density at radius 1 is 0.905 bits per heavy atom. The van der Waals surface area contributed by atoms with E-state index in [1.54, 1.807) is 29.2 Å². The minimum Gasteiger partial charge on any atom is -0.308 e. The van der Waals surface area contributed by atoms with Crippen LogP contribution in [0.5, 0.6) is 0 Å². The summed E-state index contributed by atoms with van der Waals surface area (Å²) in [6.07, 6.45) is 0.176. The topological polar surface area (TPSA) is 37.4 Å². The van der Waals surface area contributed by atoms with E-state index in [4.69, 9.17) is 0 Å². The number of hydrogen-bond acceptors (Lipinski definition) is 2. The van der Waals surface area contributed by atoms with Gasteiger partial charge in [0, 0.05) is 11.3 Å². The lowest BCUT2D eigenvalue weighted by Gasteiger charge is -2.22. The minimum absolute atomic E-state index is 0.0560. The Labute approximate surface area is 123 Å². The summed E-state index contributed by atoms with van der Waals surface area (Å²) in [5, 5.41) is 0. The highest BCUT2D eigenvalue weighted by atomic mass is 16.2. The molecule has 3 nitrogen and oxygen atoms in total. The number of hydrogen-bond donors (Lipinski definition) is 0. The lowest BCUT2D eigenvalue weighted by molar-refractivity contribution is 0.0796. The SMILES string of the molecule is C=C1CC(=O)c2ccccc2C(=O)N1Cc1ccccc1. The van der Waals surface area contributed by atoms with Crippen LogP contribution in [0.4, 0.5) is 0 Å². The first kappa shape index (κ1) is 13.3.